The van der Waals surface area contributed by atoms with Crippen LogP contribution in [0.1, 0.15) is 17.2 Å². The van der Waals surface area contributed by atoms with Crippen LogP contribution in [0.15, 0.2) is 48.5 Å². The third kappa shape index (κ3) is 3.08. The number of rotatable bonds is 4. The van der Waals surface area contributed by atoms with Gasteiger partial charge in [0, 0.05) is 12.2 Å². The molecular formula is C15H17FN2. The van der Waals surface area contributed by atoms with Crippen molar-refractivity contribution < 1.29 is 4.39 Å². The molecule has 0 aliphatic rings. The van der Waals surface area contributed by atoms with Crippen LogP contribution in [0.25, 0.3) is 0 Å². The Bertz CT molecular complexity index is 491. The summed E-state index contributed by atoms with van der Waals surface area (Å²) in [7, 11) is 0. The van der Waals surface area contributed by atoms with Gasteiger partial charge in [0.1, 0.15) is 5.82 Å². The Morgan fingerprint density at radius 3 is 2.22 bits per heavy atom. The number of hydrogen-bond acceptors (Lipinski definition) is 2. The molecule has 94 valence electrons. The van der Waals surface area contributed by atoms with E-state index in [0.29, 0.717) is 6.54 Å². The molecule has 0 aromatic heterocycles. The highest BCUT2D eigenvalue weighted by atomic mass is 19.1. The van der Waals surface area contributed by atoms with Crippen molar-refractivity contribution in [3.05, 3.63) is 65.5 Å². The maximum absolute atomic E-state index is 12.8. The van der Waals surface area contributed by atoms with Crippen molar-refractivity contribution in [1.82, 2.24) is 0 Å². The van der Waals surface area contributed by atoms with Crippen LogP contribution in [-0.2, 0) is 0 Å². The lowest BCUT2D eigenvalue weighted by molar-refractivity contribution is 0.628. The standard InChI is InChI=1S/C15H17FN2/c1-11-2-4-12(5-3-11)15(10-17)18-14-8-6-13(16)7-9-14/h2-9,15,18H,10,17H2,1H3. The Morgan fingerprint density at radius 1 is 1.06 bits per heavy atom. The molecule has 2 rings (SSSR count). The Kier molecular flexibility index (Phi) is 3.95. The van der Waals surface area contributed by atoms with Crippen molar-refractivity contribution in [2.75, 3.05) is 11.9 Å². The summed E-state index contributed by atoms with van der Waals surface area (Å²) in [4.78, 5) is 0. The van der Waals surface area contributed by atoms with E-state index in [9.17, 15) is 4.39 Å². The molecule has 3 N–H and O–H groups in total. The molecule has 0 bridgehead atoms. The lowest BCUT2D eigenvalue weighted by Crippen LogP contribution is -2.20. The minimum Gasteiger partial charge on any atom is -0.377 e. The van der Waals surface area contributed by atoms with E-state index in [1.165, 1.54) is 17.7 Å². The number of halogens is 1. The van der Waals surface area contributed by atoms with E-state index in [2.05, 4.69) is 36.5 Å². The van der Waals surface area contributed by atoms with Crippen molar-refractivity contribution >= 4 is 5.69 Å². The second-order valence-corrected chi connectivity index (χ2v) is 4.35. The quantitative estimate of drug-likeness (QED) is 0.866. The van der Waals surface area contributed by atoms with E-state index in [1.807, 2.05) is 0 Å². The van der Waals surface area contributed by atoms with Crippen LogP contribution in [0.2, 0.25) is 0 Å². The molecule has 0 saturated carbocycles. The van der Waals surface area contributed by atoms with Gasteiger partial charge < -0.3 is 11.1 Å². The molecule has 0 radical (unpaired) electrons. The number of nitrogens with one attached hydrogen (secondary N) is 1. The fourth-order valence-corrected chi connectivity index (χ4v) is 1.82. The minimum atomic E-state index is -0.236. The van der Waals surface area contributed by atoms with Gasteiger partial charge in [0.25, 0.3) is 0 Å². The van der Waals surface area contributed by atoms with Crippen molar-refractivity contribution in [2.24, 2.45) is 5.73 Å². The highest BCUT2D eigenvalue weighted by Crippen LogP contribution is 2.19. The zero-order chi connectivity index (χ0) is 13.0. The minimum absolute atomic E-state index is 0.0380. The zero-order valence-corrected chi connectivity index (χ0v) is 10.4. The molecule has 3 heteroatoms. The molecule has 2 aromatic rings. The van der Waals surface area contributed by atoms with E-state index < -0.39 is 0 Å². The zero-order valence-electron chi connectivity index (χ0n) is 10.4. The van der Waals surface area contributed by atoms with Gasteiger partial charge in [-0.1, -0.05) is 29.8 Å². The van der Waals surface area contributed by atoms with Gasteiger partial charge in [0.05, 0.1) is 6.04 Å². The molecule has 0 saturated heterocycles. The third-order valence-corrected chi connectivity index (χ3v) is 2.90. The molecular weight excluding hydrogens is 227 g/mol. The lowest BCUT2D eigenvalue weighted by Gasteiger charge is -2.18. The van der Waals surface area contributed by atoms with Crippen LogP contribution in [-0.4, -0.2) is 6.54 Å². The average molecular weight is 244 g/mol. The van der Waals surface area contributed by atoms with Gasteiger partial charge in [-0.05, 0) is 36.8 Å². The van der Waals surface area contributed by atoms with Crippen molar-refractivity contribution in [3.63, 3.8) is 0 Å². The Morgan fingerprint density at radius 2 is 1.67 bits per heavy atom. The van der Waals surface area contributed by atoms with Crippen molar-refractivity contribution in [3.8, 4) is 0 Å². The molecule has 2 aromatic carbocycles. The molecule has 0 spiro atoms. The first kappa shape index (κ1) is 12.6. The first-order valence-electron chi connectivity index (χ1n) is 5.98. The summed E-state index contributed by atoms with van der Waals surface area (Å²) in [6.45, 7) is 2.54. The van der Waals surface area contributed by atoms with Gasteiger partial charge in [-0.3, -0.25) is 0 Å². The van der Waals surface area contributed by atoms with Crippen LogP contribution < -0.4 is 11.1 Å². The van der Waals surface area contributed by atoms with Crippen LogP contribution in [0, 0.1) is 12.7 Å². The molecule has 0 amide bonds. The highest BCUT2D eigenvalue weighted by molar-refractivity contribution is 5.45. The SMILES string of the molecule is Cc1ccc(C(CN)Nc2ccc(F)cc2)cc1. The summed E-state index contributed by atoms with van der Waals surface area (Å²) in [6.07, 6.45) is 0. The second-order valence-electron chi connectivity index (χ2n) is 4.35. The van der Waals surface area contributed by atoms with Crippen molar-refractivity contribution in [1.29, 1.82) is 0 Å². The van der Waals surface area contributed by atoms with Crippen LogP contribution in [0.5, 0.6) is 0 Å². The highest BCUT2D eigenvalue weighted by Gasteiger charge is 2.08. The predicted molar refractivity (Wildman–Crippen MR) is 73.0 cm³/mol. The molecule has 0 heterocycles. The van der Waals surface area contributed by atoms with E-state index in [1.54, 1.807) is 12.1 Å². The Balaban J connectivity index is 2.14. The topological polar surface area (TPSA) is 38.0 Å². The van der Waals surface area contributed by atoms with Gasteiger partial charge >= 0.3 is 0 Å². The predicted octanol–water partition coefficient (Wildman–Crippen LogP) is 3.25. The molecule has 1 unspecified atom stereocenters. The average Bonchev–Trinajstić information content (AvgIpc) is 2.39. The molecule has 18 heavy (non-hydrogen) atoms. The van der Waals surface area contributed by atoms with E-state index in [0.717, 1.165) is 11.3 Å². The van der Waals surface area contributed by atoms with Gasteiger partial charge in [-0.25, -0.2) is 4.39 Å². The summed E-state index contributed by atoms with van der Waals surface area (Å²) in [5, 5.41) is 3.30. The Labute approximate surface area is 107 Å². The van der Waals surface area contributed by atoms with E-state index in [-0.39, 0.29) is 11.9 Å². The van der Waals surface area contributed by atoms with Gasteiger partial charge in [-0.2, -0.15) is 0 Å². The van der Waals surface area contributed by atoms with Crippen molar-refractivity contribution in [2.45, 2.75) is 13.0 Å². The smallest absolute Gasteiger partial charge is 0.123 e. The van der Waals surface area contributed by atoms with Gasteiger partial charge in [0.15, 0.2) is 0 Å². The van der Waals surface area contributed by atoms with Gasteiger partial charge in [0.2, 0.25) is 0 Å². The summed E-state index contributed by atoms with van der Waals surface area (Å²) in [5.41, 5.74) is 9.00. The second kappa shape index (κ2) is 5.65. The maximum atomic E-state index is 12.8. The maximum Gasteiger partial charge on any atom is 0.123 e. The molecule has 1 atom stereocenters. The summed E-state index contributed by atoms with van der Waals surface area (Å²) in [6, 6.07) is 14.6. The third-order valence-electron chi connectivity index (χ3n) is 2.90. The van der Waals surface area contributed by atoms with Crippen LogP contribution in [0.3, 0.4) is 0 Å². The first-order valence-corrected chi connectivity index (χ1v) is 5.98. The van der Waals surface area contributed by atoms with E-state index in [4.69, 9.17) is 5.73 Å². The molecule has 0 aliphatic carbocycles. The monoisotopic (exact) mass is 244 g/mol. The summed E-state index contributed by atoms with van der Waals surface area (Å²) in [5.74, 6) is -0.236. The largest absolute Gasteiger partial charge is 0.377 e. The Hall–Kier alpha value is -1.87. The first-order chi connectivity index (χ1) is 8.69. The van der Waals surface area contributed by atoms with Crippen LogP contribution >= 0.6 is 0 Å². The fourth-order valence-electron chi connectivity index (χ4n) is 1.82. The number of benzene rings is 2. The molecule has 2 nitrogen and oxygen atoms in total. The molecule has 0 fully saturated rings. The van der Waals surface area contributed by atoms with Gasteiger partial charge in [-0.15, -0.1) is 0 Å². The lowest BCUT2D eigenvalue weighted by atomic mass is 10.0. The fraction of sp³-hybridized carbons (Fsp3) is 0.200. The number of aryl methyl sites for hydroxylation is 1. The normalized spacial score (nSPS) is 12.2. The number of hydrogen-bond donors (Lipinski definition) is 2. The number of nitrogens with two attached hydrogens (primary N) is 1. The van der Waals surface area contributed by atoms with E-state index >= 15 is 0 Å². The summed E-state index contributed by atoms with van der Waals surface area (Å²) < 4.78 is 12.8. The van der Waals surface area contributed by atoms with Crippen LogP contribution in [0.4, 0.5) is 10.1 Å². The molecule has 0 aliphatic heterocycles. The number of anilines is 1. The summed E-state index contributed by atoms with van der Waals surface area (Å²) >= 11 is 0.